The number of carboxylic acids is 1. The van der Waals surface area contributed by atoms with Crippen LogP contribution in [0.1, 0.15) is 80.1 Å². The fourth-order valence-electron chi connectivity index (χ4n) is 4.91. The van der Waals surface area contributed by atoms with Crippen molar-refractivity contribution in [3.8, 4) is 0 Å². The molecule has 38 heavy (non-hydrogen) atoms. The number of hydrogen-bond acceptors (Lipinski definition) is 6. The number of carboxylic acid groups (broad SMARTS) is 1. The van der Waals surface area contributed by atoms with E-state index in [1.165, 1.54) is 0 Å². The molecule has 2 aliphatic heterocycles. The highest BCUT2D eigenvalue weighted by Gasteiger charge is 2.24. The second-order valence-corrected chi connectivity index (χ2v) is 10.8. The van der Waals surface area contributed by atoms with E-state index in [0.29, 0.717) is 17.6 Å². The standard InChI is InChI=1S/C15H18N2O3.C14H19N3O/c1-9(2)14-16-12-4-3-10(15(18)19)7-13(12)17(14)8-11-5-6-20-11;1-9(2)13-16-12-5-4-10(3)15-14(12)17(13)8-11-6-7-18-11/h3-4,7,9,11H,5-6,8H2,1-2H3,(H,18,19);4-5,9,11H,6-8H2,1-3H3/t2*11-/m00/s1. The Bertz CT molecular complexity index is 1450. The topological polar surface area (TPSA) is 104 Å². The number of carbonyl (C=O) groups is 1. The third-order valence-electron chi connectivity index (χ3n) is 7.18. The number of nitrogens with zero attached hydrogens (tertiary/aromatic N) is 5. The van der Waals surface area contributed by atoms with Crippen LogP contribution in [0.25, 0.3) is 22.2 Å². The first-order valence-corrected chi connectivity index (χ1v) is 13.5. The smallest absolute Gasteiger partial charge is 0.335 e. The van der Waals surface area contributed by atoms with Gasteiger partial charge in [0.1, 0.15) is 17.2 Å². The summed E-state index contributed by atoms with van der Waals surface area (Å²) in [6.07, 6.45) is 2.75. The van der Waals surface area contributed by atoms with Crippen molar-refractivity contribution >= 4 is 28.2 Å². The minimum atomic E-state index is -0.911. The highest BCUT2D eigenvalue weighted by Crippen LogP contribution is 2.26. The van der Waals surface area contributed by atoms with Crippen LogP contribution in [0.2, 0.25) is 0 Å². The average Bonchev–Trinajstić information content (AvgIpc) is 3.36. The molecular weight excluding hydrogens is 482 g/mol. The summed E-state index contributed by atoms with van der Waals surface area (Å²) < 4.78 is 15.4. The van der Waals surface area contributed by atoms with Gasteiger partial charge in [0.25, 0.3) is 0 Å². The minimum Gasteiger partial charge on any atom is -0.478 e. The number of aryl methyl sites for hydroxylation is 1. The quantitative estimate of drug-likeness (QED) is 0.353. The summed E-state index contributed by atoms with van der Waals surface area (Å²) in [5.74, 6) is 1.87. The molecule has 6 rings (SSSR count). The van der Waals surface area contributed by atoms with Crippen LogP contribution >= 0.6 is 0 Å². The predicted molar refractivity (Wildman–Crippen MR) is 146 cm³/mol. The third-order valence-corrected chi connectivity index (χ3v) is 7.18. The maximum Gasteiger partial charge on any atom is 0.335 e. The highest BCUT2D eigenvalue weighted by molar-refractivity contribution is 5.92. The molecule has 2 atom stereocenters. The number of aromatic carboxylic acids is 1. The van der Waals surface area contributed by atoms with Gasteiger partial charge in [0.15, 0.2) is 5.65 Å². The Morgan fingerprint density at radius 1 is 0.895 bits per heavy atom. The summed E-state index contributed by atoms with van der Waals surface area (Å²) in [5, 5.41) is 9.14. The van der Waals surface area contributed by atoms with Crippen molar-refractivity contribution in [2.24, 2.45) is 0 Å². The van der Waals surface area contributed by atoms with Gasteiger partial charge in [-0.1, -0.05) is 27.7 Å². The lowest BCUT2D eigenvalue weighted by atomic mass is 10.1. The van der Waals surface area contributed by atoms with Crippen molar-refractivity contribution in [2.45, 2.75) is 84.6 Å². The van der Waals surface area contributed by atoms with Gasteiger partial charge >= 0.3 is 5.97 Å². The number of imidazole rings is 2. The van der Waals surface area contributed by atoms with Gasteiger partial charge in [-0.25, -0.2) is 19.7 Å². The van der Waals surface area contributed by atoms with E-state index in [-0.39, 0.29) is 12.0 Å². The van der Waals surface area contributed by atoms with Crippen molar-refractivity contribution in [1.29, 1.82) is 0 Å². The molecule has 0 spiro atoms. The first-order valence-electron chi connectivity index (χ1n) is 13.5. The van der Waals surface area contributed by atoms with Gasteiger partial charge in [-0.2, -0.15) is 0 Å². The van der Waals surface area contributed by atoms with Crippen molar-refractivity contribution in [3.63, 3.8) is 0 Å². The van der Waals surface area contributed by atoms with Crippen LogP contribution in [0.4, 0.5) is 0 Å². The van der Waals surface area contributed by atoms with E-state index in [0.717, 1.165) is 78.7 Å². The Morgan fingerprint density at radius 2 is 1.45 bits per heavy atom. The van der Waals surface area contributed by atoms with E-state index in [1.54, 1.807) is 18.2 Å². The molecule has 0 saturated carbocycles. The number of rotatable bonds is 7. The molecule has 0 bridgehead atoms. The van der Waals surface area contributed by atoms with Crippen LogP contribution in [-0.4, -0.2) is 60.6 Å². The molecule has 1 aromatic carbocycles. The summed E-state index contributed by atoms with van der Waals surface area (Å²) in [6.45, 7) is 13.9. The zero-order valence-corrected chi connectivity index (χ0v) is 22.8. The van der Waals surface area contributed by atoms with Crippen molar-refractivity contribution < 1.29 is 19.4 Å². The molecule has 0 unspecified atom stereocenters. The second-order valence-electron chi connectivity index (χ2n) is 10.8. The average molecular weight is 520 g/mol. The normalized spacial score (nSPS) is 18.9. The van der Waals surface area contributed by atoms with Crippen LogP contribution < -0.4 is 0 Å². The Kier molecular flexibility index (Phi) is 7.49. The van der Waals surface area contributed by atoms with Gasteiger partial charge in [-0.15, -0.1) is 0 Å². The van der Waals surface area contributed by atoms with Gasteiger partial charge < -0.3 is 23.7 Å². The highest BCUT2D eigenvalue weighted by atomic mass is 16.5. The molecule has 0 amide bonds. The molecule has 0 radical (unpaired) electrons. The molecule has 5 heterocycles. The Morgan fingerprint density at radius 3 is 2.00 bits per heavy atom. The van der Waals surface area contributed by atoms with Crippen molar-refractivity contribution in [1.82, 2.24) is 24.1 Å². The van der Waals surface area contributed by atoms with Gasteiger partial charge in [-0.05, 0) is 50.1 Å². The molecule has 2 saturated heterocycles. The Hall–Kier alpha value is -3.30. The number of pyridine rings is 1. The van der Waals surface area contributed by atoms with E-state index in [2.05, 4.69) is 52.9 Å². The van der Waals surface area contributed by atoms with Gasteiger partial charge in [0.05, 0.1) is 41.9 Å². The van der Waals surface area contributed by atoms with Crippen LogP contribution in [0, 0.1) is 6.92 Å². The molecule has 9 heteroatoms. The largest absolute Gasteiger partial charge is 0.478 e. The van der Waals surface area contributed by atoms with Crippen LogP contribution in [0.3, 0.4) is 0 Å². The molecular formula is C29H37N5O4. The van der Waals surface area contributed by atoms with E-state index < -0.39 is 5.97 Å². The SMILES string of the molecule is CC(C)c1nc2ccc(C(=O)O)cc2n1C[C@@H]1CCO1.Cc1ccc2nc(C(C)C)n(C[C@@H]3CCO3)c2n1. The number of benzene rings is 1. The monoisotopic (exact) mass is 519 g/mol. The fourth-order valence-corrected chi connectivity index (χ4v) is 4.91. The molecule has 2 fully saturated rings. The van der Waals surface area contributed by atoms with E-state index in [4.69, 9.17) is 19.6 Å². The van der Waals surface area contributed by atoms with E-state index >= 15 is 0 Å². The molecule has 3 aromatic heterocycles. The van der Waals surface area contributed by atoms with Gasteiger partial charge in [0, 0.05) is 30.7 Å². The lowest BCUT2D eigenvalue weighted by molar-refractivity contribution is -0.0592. The molecule has 1 N–H and O–H groups in total. The van der Waals surface area contributed by atoms with Gasteiger partial charge in [0.2, 0.25) is 0 Å². The van der Waals surface area contributed by atoms with E-state index in [1.807, 2.05) is 13.0 Å². The lowest BCUT2D eigenvalue weighted by Gasteiger charge is -2.28. The fraction of sp³-hybridized carbons (Fsp3) is 0.517. The molecule has 0 aliphatic carbocycles. The first-order chi connectivity index (χ1) is 18.2. The molecule has 202 valence electrons. The summed E-state index contributed by atoms with van der Waals surface area (Å²) in [5.41, 5.74) is 5.04. The number of aromatic nitrogens is 5. The number of hydrogen-bond donors (Lipinski definition) is 1. The first kappa shape index (κ1) is 26.3. The van der Waals surface area contributed by atoms with Gasteiger partial charge in [-0.3, -0.25) is 0 Å². The third kappa shape index (κ3) is 5.31. The molecule has 4 aromatic rings. The van der Waals surface area contributed by atoms with Crippen LogP contribution in [0.15, 0.2) is 30.3 Å². The van der Waals surface area contributed by atoms with Crippen molar-refractivity contribution in [2.75, 3.05) is 13.2 Å². The number of fused-ring (bicyclic) bond motifs is 2. The zero-order chi connectivity index (χ0) is 27.0. The second kappa shape index (κ2) is 10.8. The Balaban J connectivity index is 0.000000156. The summed E-state index contributed by atoms with van der Waals surface area (Å²) in [6, 6.07) is 9.16. The number of ether oxygens (including phenoxy) is 2. The summed E-state index contributed by atoms with van der Waals surface area (Å²) in [7, 11) is 0. The summed E-state index contributed by atoms with van der Waals surface area (Å²) in [4.78, 5) is 25.1. The molecule has 2 aliphatic rings. The Labute approximate surface area is 222 Å². The summed E-state index contributed by atoms with van der Waals surface area (Å²) >= 11 is 0. The zero-order valence-electron chi connectivity index (χ0n) is 22.8. The van der Waals surface area contributed by atoms with Crippen molar-refractivity contribution in [3.05, 3.63) is 53.2 Å². The maximum atomic E-state index is 11.1. The van der Waals surface area contributed by atoms with Crippen LogP contribution in [-0.2, 0) is 22.6 Å². The minimum absolute atomic E-state index is 0.221. The maximum absolute atomic E-state index is 11.1. The van der Waals surface area contributed by atoms with Crippen LogP contribution in [0.5, 0.6) is 0 Å². The molecule has 9 nitrogen and oxygen atoms in total. The van der Waals surface area contributed by atoms with E-state index in [9.17, 15) is 4.79 Å². The predicted octanol–water partition coefficient (Wildman–Crippen LogP) is 5.30. The lowest BCUT2D eigenvalue weighted by Crippen LogP contribution is -2.32.